The summed E-state index contributed by atoms with van der Waals surface area (Å²) in [6.45, 7) is 0. The average molecular weight is 1090 g/mol. The summed E-state index contributed by atoms with van der Waals surface area (Å²) in [4.78, 5) is 0. The van der Waals surface area contributed by atoms with Crippen LogP contribution in [0.1, 0.15) is 33.4 Å². The summed E-state index contributed by atoms with van der Waals surface area (Å²) in [7, 11) is 0. The number of terminal acetylenes is 4. The van der Waals surface area contributed by atoms with Gasteiger partial charge < -0.3 is 9.13 Å². The van der Waals surface area contributed by atoms with E-state index in [1.807, 2.05) is 91.0 Å². The second kappa shape index (κ2) is 21.4. The molecule has 0 saturated heterocycles. The number of para-hydroxylation sites is 3. The third-order valence-electron chi connectivity index (χ3n) is 16.5. The Morgan fingerprint density at radius 3 is 0.977 bits per heavy atom. The van der Waals surface area contributed by atoms with Crippen LogP contribution in [0.3, 0.4) is 0 Å². The zero-order valence-electron chi connectivity index (χ0n) is 46.3. The number of nitrogens with zero attached hydrogens (tertiary/aromatic N) is 4. The highest BCUT2D eigenvalue weighted by molar-refractivity contribution is 6.12. The molecule has 4 heteroatoms. The van der Waals surface area contributed by atoms with Gasteiger partial charge >= 0.3 is 0 Å². The first-order chi connectivity index (χ1) is 42.4. The van der Waals surface area contributed by atoms with Gasteiger partial charge in [0.25, 0.3) is 0 Å². The first kappa shape index (κ1) is 51.6. The SMILES string of the molecule is C#Cc1cccc(-c2cc(-c3cc(-c4cc(-c5ccccc5)cc(-c5ccccc5)c4)cc(-c4ccc5c(c4)c4ccccc4n5-c4cc(C#N)c(C#N)cc4-n4c5ccccc5c5ccccc54)c3)cc(-c3cccc(C#C)c3C#C)c2)c1C#C. The summed E-state index contributed by atoms with van der Waals surface area (Å²) >= 11 is 0. The van der Waals surface area contributed by atoms with Crippen LogP contribution in [0.2, 0.25) is 0 Å². The zero-order valence-corrected chi connectivity index (χ0v) is 46.3. The van der Waals surface area contributed by atoms with E-state index in [2.05, 4.69) is 209 Å². The standard InChI is InChI=1S/C82H46N4/c1-5-53-27-21-32-71(69(53)7-3)65-45-64(46-66(47-65)72-33-22-28-54(6-2)70(72)8-4)63-43-60(42-62(44-63)61-40-58(55-23-11-9-12-24-55)39-59(41-61)56-25-13-10-14-26-56)57-37-38-80-76(48-57)75-31-17-20-36-79(75)86(80)82-50-68(52-84)67(51-83)49-81(82)85-77-34-18-15-29-73(77)74-30-16-19-35-78(74)85/h1-4,9-50H. The minimum absolute atomic E-state index is 0.288. The van der Waals surface area contributed by atoms with Gasteiger partial charge in [-0.25, -0.2) is 0 Å². The van der Waals surface area contributed by atoms with E-state index in [9.17, 15) is 10.5 Å². The van der Waals surface area contributed by atoms with Crippen LogP contribution in [0.25, 0.3) is 133 Å². The second-order valence-electron chi connectivity index (χ2n) is 21.2. The maximum atomic E-state index is 10.7. The van der Waals surface area contributed by atoms with Gasteiger partial charge in [-0.05, 0) is 187 Å². The van der Waals surface area contributed by atoms with Gasteiger partial charge in [-0.3, -0.25) is 0 Å². The molecule has 0 spiro atoms. The Morgan fingerprint density at radius 1 is 0.244 bits per heavy atom. The molecule has 14 rings (SSSR count). The third-order valence-corrected chi connectivity index (χ3v) is 16.5. The van der Waals surface area contributed by atoms with Crippen LogP contribution in [-0.4, -0.2) is 9.13 Å². The van der Waals surface area contributed by atoms with Crippen molar-refractivity contribution in [1.29, 1.82) is 10.5 Å². The molecule has 394 valence electrons. The lowest BCUT2D eigenvalue weighted by Crippen LogP contribution is -2.05. The Balaban J connectivity index is 1.04. The van der Waals surface area contributed by atoms with Crippen molar-refractivity contribution in [3.63, 3.8) is 0 Å². The monoisotopic (exact) mass is 1090 g/mol. The van der Waals surface area contributed by atoms with E-state index in [1.165, 1.54) is 0 Å². The summed E-state index contributed by atoms with van der Waals surface area (Å²) in [6, 6.07) is 92.8. The number of hydrogen-bond acceptors (Lipinski definition) is 2. The summed E-state index contributed by atoms with van der Waals surface area (Å²) < 4.78 is 4.46. The van der Waals surface area contributed by atoms with Crippen molar-refractivity contribution in [1.82, 2.24) is 9.13 Å². The highest BCUT2D eigenvalue weighted by Gasteiger charge is 2.23. The molecule has 0 aliphatic carbocycles. The van der Waals surface area contributed by atoms with Gasteiger partial charge in [-0.15, -0.1) is 25.7 Å². The molecule has 14 aromatic rings. The minimum atomic E-state index is 0.288. The molecular weight excluding hydrogens is 1040 g/mol. The number of fused-ring (bicyclic) bond motifs is 6. The molecule has 86 heavy (non-hydrogen) atoms. The summed E-state index contributed by atoms with van der Waals surface area (Å²) in [5.74, 6) is 11.5. The predicted molar refractivity (Wildman–Crippen MR) is 354 cm³/mol. The van der Waals surface area contributed by atoms with E-state index < -0.39 is 0 Å². The van der Waals surface area contributed by atoms with Crippen molar-refractivity contribution >= 4 is 43.6 Å². The maximum Gasteiger partial charge on any atom is 0.101 e. The Bertz CT molecular complexity index is 5210. The van der Waals surface area contributed by atoms with Crippen LogP contribution in [-0.2, 0) is 0 Å². The first-order valence-corrected chi connectivity index (χ1v) is 28.1. The quantitative estimate of drug-likeness (QED) is 0.135. The summed E-state index contributed by atoms with van der Waals surface area (Å²) in [6.07, 6.45) is 24.8. The summed E-state index contributed by atoms with van der Waals surface area (Å²) in [5, 5.41) is 25.5. The molecule has 12 aromatic carbocycles. The number of nitriles is 2. The van der Waals surface area contributed by atoms with Gasteiger partial charge in [0.1, 0.15) is 12.1 Å². The number of benzene rings is 12. The minimum Gasteiger partial charge on any atom is -0.307 e. The van der Waals surface area contributed by atoms with Gasteiger partial charge in [0.15, 0.2) is 0 Å². The molecule has 2 heterocycles. The van der Waals surface area contributed by atoms with Gasteiger partial charge in [0, 0.05) is 43.8 Å². The van der Waals surface area contributed by atoms with E-state index in [4.69, 9.17) is 25.7 Å². The molecule has 0 bridgehead atoms. The molecule has 0 fully saturated rings. The highest BCUT2D eigenvalue weighted by Crippen LogP contribution is 2.44. The first-order valence-electron chi connectivity index (χ1n) is 28.1. The van der Waals surface area contributed by atoms with Gasteiger partial charge in [-0.2, -0.15) is 10.5 Å². The topological polar surface area (TPSA) is 57.4 Å². The Kier molecular flexibility index (Phi) is 12.8. The van der Waals surface area contributed by atoms with Crippen molar-refractivity contribution in [3.8, 4) is 151 Å². The van der Waals surface area contributed by atoms with Crippen LogP contribution in [0.5, 0.6) is 0 Å². The molecular formula is C82H46N4. The molecule has 0 atom stereocenters. The smallest absolute Gasteiger partial charge is 0.101 e. The average Bonchev–Trinajstić information content (AvgIpc) is 1.66. The molecule has 0 unspecified atom stereocenters. The van der Waals surface area contributed by atoms with E-state index in [0.29, 0.717) is 27.8 Å². The maximum absolute atomic E-state index is 10.7. The number of hydrogen-bond donors (Lipinski definition) is 0. The van der Waals surface area contributed by atoms with E-state index >= 15 is 0 Å². The molecule has 0 aliphatic rings. The molecule has 2 aromatic heterocycles. The molecule has 0 amide bonds. The molecule has 0 N–H and O–H groups in total. The molecule has 0 aliphatic heterocycles. The van der Waals surface area contributed by atoms with Crippen molar-refractivity contribution in [2.75, 3.05) is 0 Å². The van der Waals surface area contributed by atoms with Crippen LogP contribution in [0.15, 0.2) is 255 Å². The second-order valence-corrected chi connectivity index (χ2v) is 21.2. The fourth-order valence-electron chi connectivity index (χ4n) is 12.5. The molecule has 0 saturated carbocycles. The van der Waals surface area contributed by atoms with Gasteiger partial charge in [0.2, 0.25) is 0 Å². The van der Waals surface area contributed by atoms with Crippen molar-refractivity contribution in [2.24, 2.45) is 0 Å². The molecule has 0 radical (unpaired) electrons. The Labute approximate surface area is 499 Å². The lowest BCUT2D eigenvalue weighted by Gasteiger charge is -2.18. The summed E-state index contributed by atoms with van der Waals surface area (Å²) in [5.41, 5.74) is 22.0. The normalized spacial score (nSPS) is 11.0. The Hall–Kier alpha value is -12.5. The predicted octanol–water partition coefficient (Wildman–Crippen LogP) is 19.2. The van der Waals surface area contributed by atoms with E-state index in [-0.39, 0.29) is 5.56 Å². The van der Waals surface area contributed by atoms with Crippen LogP contribution in [0.4, 0.5) is 0 Å². The lowest BCUT2D eigenvalue weighted by atomic mass is 9.86. The number of rotatable bonds is 9. The third kappa shape index (κ3) is 8.74. The fraction of sp³-hybridized carbons (Fsp3) is 0. The van der Waals surface area contributed by atoms with Crippen molar-refractivity contribution in [2.45, 2.75) is 0 Å². The zero-order chi connectivity index (χ0) is 58.4. The molecule has 4 nitrogen and oxygen atoms in total. The number of aromatic nitrogens is 2. The highest BCUT2D eigenvalue weighted by atomic mass is 15.1. The Morgan fingerprint density at radius 2 is 0.581 bits per heavy atom. The van der Waals surface area contributed by atoms with E-state index in [0.717, 1.165) is 133 Å². The van der Waals surface area contributed by atoms with Gasteiger partial charge in [0.05, 0.1) is 44.6 Å². The lowest BCUT2D eigenvalue weighted by molar-refractivity contribution is 1.09. The van der Waals surface area contributed by atoms with Crippen molar-refractivity contribution in [3.05, 3.63) is 288 Å². The van der Waals surface area contributed by atoms with Crippen molar-refractivity contribution < 1.29 is 0 Å². The van der Waals surface area contributed by atoms with Crippen LogP contribution in [0, 0.1) is 72.0 Å². The van der Waals surface area contributed by atoms with Crippen LogP contribution < -0.4 is 0 Å². The van der Waals surface area contributed by atoms with Gasteiger partial charge in [-0.1, -0.05) is 169 Å². The fourth-order valence-corrected chi connectivity index (χ4v) is 12.5. The van der Waals surface area contributed by atoms with E-state index in [1.54, 1.807) is 0 Å². The van der Waals surface area contributed by atoms with Crippen LogP contribution >= 0.6 is 0 Å². The largest absolute Gasteiger partial charge is 0.307 e.